The largest absolute Gasteiger partial charge is 0.375 e. The third-order valence-corrected chi connectivity index (χ3v) is 4.36. The van der Waals surface area contributed by atoms with Gasteiger partial charge in [0, 0.05) is 18.6 Å². The summed E-state index contributed by atoms with van der Waals surface area (Å²) < 4.78 is 5.85. The average molecular weight is 223 g/mol. The second-order valence-electron chi connectivity index (χ2n) is 5.70. The molecule has 0 aromatic rings. The summed E-state index contributed by atoms with van der Waals surface area (Å²) in [5.41, 5.74) is 0.109. The molecule has 1 heterocycles. The Morgan fingerprint density at radius 3 is 2.75 bits per heavy atom. The van der Waals surface area contributed by atoms with Crippen LogP contribution in [0.25, 0.3) is 0 Å². The Balaban J connectivity index is 1.50. The van der Waals surface area contributed by atoms with Crippen LogP contribution < -0.4 is 5.32 Å². The molecular formula is C13H21NO2. The van der Waals surface area contributed by atoms with E-state index in [-0.39, 0.29) is 11.5 Å². The minimum Gasteiger partial charge on any atom is -0.375 e. The van der Waals surface area contributed by atoms with E-state index in [1.54, 1.807) is 0 Å². The SMILES string of the molecule is O=C(CNC1CC1)C1CCOC2(CCC2)C1. The normalized spacial score (nSPS) is 32.4. The van der Waals surface area contributed by atoms with Crippen LogP contribution in [0.15, 0.2) is 0 Å². The number of hydrogen-bond donors (Lipinski definition) is 1. The van der Waals surface area contributed by atoms with Gasteiger partial charge in [0.2, 0.25) is 0 Å². The van der Waals surface area contributed by atoms with E-state index in [0.29, 0.717) is 18.4 Å². The van der Waals surface area contributed by atoms with Crippen molar-refractivity contribution in [2.45, 2.75) is 56.6 Å². The molecule has 0 amide bonds. The molecule has 3 aliphatic rings. The van der Waals surface area contributed by atoms with E-state index >= 15 is 0 Å². The Labute approximate surface area is 96.9 Å². The number of Topliss-reactive ketones (excluding diaryl/α,β-unsaturated/α-hetero) is 1. The van der Waals surface area contributed by atoms with Gasteiger partial charge in [0.05, 0.1) is 12.1 Å². The number of ketones is 1. The van der Waals surface area contributed by atoms with Crippen molar-refractivity contribution >= 4 is 5.78 Å². The molecule has 3 rings (SSSR count). The van der Waals surface area contributed by atoms with Crippen LogP contribution in [0.3, 0.4) is 0 Å². The van der Waals surface area contributed by atoms with E-state index in [4.69, 9.17) is 4.74 Å². The fourth-order valence-corrected chi connectivity index (χ4v) is 2.90. The lowest BCUT2D eigenvalue weighted by atomic mass is 9.71. The summed E-state index contributed by atoms with van der Waals surface area (Å²) in [4.78, 5) is 12.0. The zero-order chi connectivity index (χ0) is 11.0. The maximum atomic E-state index is 12.0. The van der Waals surface area contributed by atoms with Gasteiger partial charge >= 0.3 is 0 Å². The lowest BCUT2D eigenvalue weighted by molar-refractivity contribution is -0.155. The first-order valence-corrected chi connectivity index (χ1v) is 6.68. The third kappa shape index (κ3) is 2.16. The van der Waals surface area contributed by atoms with Crippen molar-refractivity contribution in [3.05, 3.63) is 0 Å². The molecule has 0 aromatic carbocycles. The molecule has 2 saturated carbocycles. The zero-order valence-corrected chi connectivity index (χ0v) is 9.84. The molecule has 1 atom stereocenters. The number of carbonyl (C=O) groups is 1. The number of carbonyl (C=O) groups excluding carboxylic acids is 1. The molecule has 1 saturated heterocycles. The van der Waals surface area contributed by atoms with Gasteiger partial charge in [0.1, 0.15) is 5.78 Å². The second kappa shape index (κ2) is 4.11. The second-order valence-corrected chi connectivity index (χ2v) is 5.70. The summed E-state index contributed by atoms with van der Waals surface area (Å²) in [6.07, 6.45) is 8.06. The van der Waals surface area contributed by atoms with Gasteiger partial charge in [-0.25, -0.2) is 0 Å². The van der Waals surface area contributed by atoms with Gasteiger partial charge in [0.15, 0.2) is 0 Å². The number of nitrogens with one attached hydrogen (secondary N) is 1. The summed E-state index contributed by atoms with van der Waals surface area (Å²) in [6, 6.07) is 0.640. The number of hydrogen-bond acceptors (Lipinski definition) is 3. The minimum absolute atomic E-state index is 0.109. The lowest BCUT2D eigenvalue weighted by Crippen LogP contribution is -2.48. The highest BCUT2D eigenvalue weighted by Crippen LogP contribution is 2.44. The van der Waals surface area contributed by atoms with Crippen molar-refractivity contribution < 1.29 is 9.53 Å². The molecule has 3 heteroatoms. The zero-order valence-electron chi connectivity index (χ0n) is 9.84. The molecule has 3 nitrogen and oxygen atoms in total. The fourth-order valence-electron chi connectivity index (χ4n) is 2.90. The standard InChI is InChI=1S/C13H21NO2/c15-12(9-14-11-2-3-11)10-4-7-16-13(8-10)5-1-6-13/h10-11,14H,1-9H2. The van der Waals surface area contributed by atoms with Crippen molar-refractivity contribution in [2.75, 3.05) is 13.2 Å². The van der Waals surface area contributed by atoms with Gasteiger partial charge in [-0.2, -0.15) is 0 Å². The first kappa shape index (κ1) is 10.7. The van der Waals surface area contributed by atoms with Crippen molar-refractivity contribution in [3.8, 4) is 0 Å². The van der Waals surface area contributed by atoms with E-state index in [1.165, 1.54) is 32.1 Å². The molecule has 0 bridgehead atoms. The quantitative estimate of drug-likeness (QED) is 0.787. The predicted octanol–water partition coefficient (Wildman–Crippen LogP) is 1.66. The molecule has 1 spiro atoms. The number of ether oxygens (including phenoxy) is 1. The third-order valence-electron chi connectivity index (χ3n) is 4.36. The summed E-state index contributed by atoms with van der Waals surface area (Å²) in [5.74, 6) is 0.682. The van der Waals surface area contributed by atoms with Gasteiger partial charge < -0.3 is 10.1 Å². The van der Waals surface area contributed by atoms with Crippen molar-refractivity contribution in [1.82, 2.24) is 5.32 Å². The minimum atomic E-state index is 0.109. The average Bonchev–Trinajstić information content (AvgIpc) is 3.08. The van der Waals surface area contributed by atoms with Gasteiger partial charge in [0.25, 0.3) is 0 Å². The Hall–Kier alpha value is -0.410. The van der Waals surface area contributed by atoms with Crippen LogP contribution >= 0.6 is 0 Å². The Morgan fingerprint density at radius 1 is 1.31 bits per heavy atom. The summed E-state index contributed by atoms with van der Waals surface area (Å²) >= 11 is 0. The van der Waals surface area contributed by atoms with Crippen molar-refractivity contribution in [2.24, 2.45) is 5.92 Å². The molecule has 1 unspecified atom stereocenters. The molecular weight excluding hydrogens is 202 g/mol. The molecule has 1 N–H and O–H groups in total. The molecule has 1 aliphatic heterocycles. The maximum Gasteiger partial charge on any atom is 0.149 e. The molecule has 0 radical (unpaired) electrons. The van der Waals surface area contributed by atoms with Crippen LogP contribution in [0, 0.1) is 5.92 Å². The number of rotatable bonds is 4. The van der Waals surface area contributed by atoms with Gasteiger partial charge in [-0.05, 0) is 44.9 Å². The summed E-state index contributed by atoms with van der Waals surface area (Å²) in [6.45, 7) is 1.38. The molecule has 16 heavy (non-hydrogen) atoms. The van der Waals surface area contributed by atoms with Crippen molar-refractivity contribution in [3.63, 3.8) is 0 Å². The van der Waals surface area contributed by atoms with E-state index in [0.717, 1.165) is 19.4 Å². The highest BCUT2D eigenvalue weighted by Gasteiger charge is 2.44. The summed E-state index contributed by atoms with van der Waals surface area (Å²) in [5, 5.41) is 3.33. The van der Waals surface area contributed by atoms with E-state index in [9.17, 15) is 4.79 Å². The highest BCUT2D eigenvalue weighted by atomic mass is 16.5. The molecule has 0 aromatic heterocycles. The lowest BCUT2D eigenvalue weighted by Gasteiger charge is -2.46. The molecule has 2 aliphatic carbocycles. The Bertz CT molecular complexity index is 282. The Kier molecular flexibility index (Phi) is 2.76. The summed E-state index contributed by atoms with van der Waals surface area (Å²) in [7, 11) is 0. The van der Waals surface area contributed by atoms with Gasteiger partial charge in [-0.1, -0.05) is 0 Å². The van der Waals surface area contributed by atoms with Crippen LogP contribution in [0.2, 0.25) is 0 Å². The first-order valence-electron chi connectivity index (χ1n) is 6.68. The van der Waals surface area contributed by atoms with Crippen LogP contribution in [0.4, 0.5) is 0 Å². The van der Waals surface area contributed by atoms with Crippen molar-refractivity contribution in [1.29, 1.82) is 0 Å². The van der Waals surface area contributed by atoms with Gasteiger partial charge in [-0.3, -0.25) is 4.79 Å². The Morgan fingerprint density at radius 2 is 2.12 bits per heavy atom. The predicted molar refractivity (Wildman–Crippen MR) is 61.3 cm³/mol. The van der Waals surface area contributed by atoms with Crippen LogP contribution in [-0.2, 0) is 9.53 Å². The fraction of sp³-hybridized carbons (Fsp3) is 0.923. The smallest absolute Gasteiger partial charge is 0.149 e. The van der Waals surface area contributed by atoms with E-state index < -0.39 is 0 Å². The van der Waals surface area contributed by atoms with Crippen LogP contribution in [-0.4, -0.2) is 30.6 Å². The molecule has 90 valence electrons. The maximum absolute atomic E-state index is 12.0. The van der Waals surface area contributed by atoms with E-state index in [1.807, 2.05) is 0 Å². The van der Waals surface area contributed by atoms with Gasteiger partial charge in [-0.15, -0.1) is 0 Å². The topological polar surface area (TPSA) is 38.3 Å². The van der Waals surface area contributed by atoms with E-state index in [2.05, 4.69) is 5.32 Å². The molecule has 3 fully saturated rings. The van der Waals surface area contributed by atoms with Crippen LogP contribution in [0.1, 0.15) is 44.9 Å². The van der Waals surface area contributed by atoms with Crippen LogP contribution in [0.5, 0.6) is 0 Å². The monoisotopic (exact) mass is 223 g/mol. The first-order chi connectivity index (χ1) is 7.77. The highest BCUT2D eigenvalue weighted by molar-refractivity contribution is 5.83.